The summed E-state index contributed by atoms with van der Waals surface area (Å²) in [4.78, 5) is 31.4. The third kappa shape index (κ3) is 5.79. The Morgan fingerprint density at radius 1 is 1.04 bits per heavy atom. The maximum atomic E-state index is 12.6. The Labute approximate surface area is 168 Å². The number of piperidine rings is 1. The van der Waals surface area contributed by atoms with Crippen molar-refractivity contribution in [2.45, 2.75) is 33.1 Å². The predicted molar refractivity (Wildman–Crippen MR) is 112 cm³/mol. The molecule has 2 heterocycles. The summed E-state index contributed by atoms with van der Waals surface area (Å²) in [6.07, 6.45) is 3.36. The fourth-order valence-electron chi connectivity index (χ4n) is 4.22. The normalized spacial score (nSPS) is 21.5. The minimum atomic E-state index is 0.0166. The molecule has 0 aliphatic carbocycles. The number of amides is 2. The molecule has 6 nitrogen and oxygen atoms in total. The summed E-state index contributed by atoms with van der Waals surface area (Å²) in [5.41, 5.74) is 2.05. The zero-order valence-electron chi connectivity index (χ0n) is 17.3. The first-order valence-corrected chi connectivity index (χ1v) is 10.7. The third-order valence-electron chi connectivity index (χ3n) is 5.86. The van der Waals surface area contributed by atoms with E-state index >= 15 is 0 Å². The van der Waals surface area contributed by atoms with E-state index < -0.39 is 0 Å². The number of carbonyl (C=O) groups is 2. The lowest BCUT2D eigenvalue weighted by Crippen LogP contribution is -2.53. The minimum Gasteiger partial charge on any atom is -0.339 e. The van der Waals surface area contributed by atoms with Gasteiger partial charge < -0.3 is 10.2 Å². The summed E-state index contributed by atoms with van der Waals surface area (Å²) in [5.74, 6) is 0.938. The van der Waals surface area contributed by atoms with Gasteiger partial charge in [0.2, 0.25) is 11.8 Å². The third-order valence-corrected chi connectivity index (χ3v) is 5.86. The number of carbonyl (C=O) groups excluding carboxylic acids is 2. The largest absolute Gasteiger partial charge is 0.339 e. The molecule has 0 unspecified atom stereocenters. The molecule has 1 N–H and O–H groups in total. The van der Waals surface area contributed by atoms with Crippen molar-refractivity contribution in [3.8, 4) is 0 Å². The zero-order valence-corrected chi connectivity index (χ0v) is 17.3. The van der Waals surface area contributed by atoms with Gasteiger partial charge in [0.15, 0.2) is 0 Å². The van der Waals surface area contributed by atoms with Gasteiger partial charge in [-0.3, -0.25) is 19.4 Å². The fraction of sp³-hybridized carbons (Fsp3) is 0.636. The fourth-order valence-corrected chi connectivity index (χ4v) is 4.22. The smallest absolute Gasteiger partial charge is 0.238 e. The van der Waals surface area contributed by atoms with Crippen molar-refractivity contribution >= 4 is 17.5 Å². The molecule has 2 aliphatic rings. The second-order valence-electron chi connectivity index (χ2n) is 8.20. The number of piperazine rings is 1. The Morgan fingerprint density at radius 3 is 2.50 bits per heavy atom. The Bertz CT molecular complexity index is 670. The van der Waals surface area contributed by atoms with E-state index in [1.165, 1.54) is 12.8 Å². The zero-order chi connectivity index (χ0) is 19.9. The maximum Gasteiger partial charge on any atom is 0.238 e. The monoisotopic (exact) mass is 386 g/mol. The molecular formula is C22H34N4O2. The van der Waals surface area contributed by atoms with Gasteiger partial charge >= 0.3 is 0 Å². The highest BCUT2D eigenvalue weighted by molar-refractivity contribution is 5.93. The number of para-hydroxylation sites is 1. The van der Waals surface area contributed by atoms with Crippen molar-refractivity contribution in [3.63, 3.8) is 0 Å². The molecule has 3 rings (SSSR count). The van der Waals surface area contributed by atoms with Crippen molar-refractivity contribution in [2.24, 2.45) is 5.92 Å². The lowest BCUT2D eigenvalue weighted by molar-refractivity contribution is -0.134. The van der Waals surface area contributed by atoms with E-state index in [9.17, 15) is 9.59 Å². The quantitative estimate of drug-likeness (QED) is 0.813. The molecule has 1 aromatic rings. The highest BCUT2D eigenvalue weighted by atomic mass is 16.2. The molecule has 154 valence electrons. The van der Waals surface area contributed by atoms with Crippen LogP contribution in [0, 0.1) is 5.92 Å². The van der Waals surface area contributed by atoms with Gasteiger partial charge in [-0.1, -0.05) is 32.0 Å². The number of rotatable bonds is 6. The van der Waals surface area contributed by atoms with Crippen molar-refractivity contribution in [1.29, 1.82) is 0 Å². The standard InChI is InChI=1S/C22H34N4O2/c1-3-19-8-4-5-9-20(19)23-21(27)16-24-11-13-26(14-12-24)22(28)17-25-10-6-7-18(2)15-25/h4-5,8-9,18H,3,6-7,10-17H2,1-2H3,(H,23,27)/t18-/m1/s1. The summed E-state index contributed by atoms with van der Waals surface area (Å²) in [7, 11) is 0. The molecule has 1 atom stereocenters. The second kappa shape index (κ2) is 10.0. The van der Waals surface area contributed by atoms with Crippen molar-refractivity contribution < 1.29 is 9.59 Å². The summed E-state index contributed by atoms with van der Waals surface area (Å²) in [5, 5.41) is 3.03. The van der Waals surface area contributed by atoms with Crippen LogP contribution in [0.25, 0.3) is 0 Å². The van der Waals surface area contributed by atoms with Crippen LogP contribution in [0.5, 0.6) is 0 Å². The van der Waals surface area contributed by atoms with Crippen LogP contribution in [0.1, 0.15) is 32.3 Å². The molecule has 6 heteroatoms. The molecule has 0 radical (unpaired) electrons. The summed E-state index contributed by atoms with van der Waals surface area (Å²) >= 11 is 0. The first kappa shape index (κ1) is 20.8. The Balaban J connectivity index is 1.41. The van der Waals surface area contributed by atoms with Crippen LogP contribution in [0.2, 0.25) is 0 Å². The lowest BCUT2D eigenvalue weighted by Gasteiger charge is -2.36. The summed E-state index contributed by atoms with van der Waals surface area (Å²) in [6.45, 7) is 10.3. The number of hydrogen-bond acceptors (Lipinski definition) is 4. The van der Waals surface area contributed by atoms with E-state index in [0.29, 0.717) is 32.1 Å². The Hall–Kier alpha value is -1.92. The van der Waals surface area contributed by atoms with Crippen LogP contribution in [0.4, 0.5) is 5.69 Å². The van der Waals surface area contributed by atoms with Crippen molar-refractivity contribution in [2.75, 3.05) is 57.7 Å². The average Bonchev–Trinajstić information content (AvgIpc) is 2.69. The molecular weight excluding hydrogens is 352 g/mol. The SMILES string of the molecule is CCc1ccccc1NC(=O)CN1CCN(C(=O)CN2CCC[C@@H](C)C2)CC1. The molecule has 2 fully saturated rings. The number of benzene rings is 1. The number of anilines is 1. The van der Waals surface area contributed by atoms with Gasteiger partial charge in [-0.25, -0.2) is 0 Å². The molecule has 0 spiro atoms. The van der Waals surface area contributed by atoms with Crippen LogP contribution >= 0.6 is 0 Å². The van der Waals surface area contributed by atoms with E-state index in [1.807, 2.05) is 29.2 Å². The summed E-state index contributed by atoms with van der Waals surface area (Å²) in [6, 6.07) is 7.94. The first-order chi connectivity index (χ1) is 13.5. The maximum absolute atomic E-state index is 12.6. The number of aryl methyl sites for hydroxylation is 1. The molecule has 0 aromatic heterocycles. The van der Waals surface area contributed by atoms with E-state index in [0.717, 1.165) is 43.9 Å². The molecule has 2 aliphatic heterocycles. The van der Waals surface area contributed by atoms with Gasteiger partial charge in [0.25, 0.3) is 0 Å². The predicted octanol–water partition coefficient (Wildman–Crippen LogP) is 2.06. The van der Waals surface area contributed by atoms with Crippen LogP contribution in [-0.2, 0) is 16.0 Å². The van der Waals surface area contributed by atoms with Gasteiger partial charge in [-0.2, -0.15) is 0 Å². The Kier molecular flexibility index (Phi) is 7.45. The van der Waals surface area contributed by atoms with Crippen LogP contribution < -0.4 is 5.32 Å². The first-order valence-electron chi connectivity index (χ1n) is 10.7. The second-order valence-corrected chi connectivity index (χ2v) is 8.20. The molecule has 2 amide bonds. The number of nitrogens with one attached hydrogen (secondary N) is 1. The van der Waals surface area contributed by atoms with E-state index in [1.54, 1.807) is 0 Å². The topological polar surface area (TPSA) is 55.9 Å². The van der Waals surface area contributed by atoms with Crippen LogP contribution in [0.15, 0.2) is 24.3 Å². The van der Waals surface area contributed by atoms with Gasteiger partial charge in [0.1, 0.15) is 0 Å². The molecule has 0 bridgehead atoms. The summed E-state index contributed by atoms with van der Waals surface area (Å²) < 4.78 is 0. The van der Waals surface area contributed by atoms with Gasteiger partial charge in [-0.15, -0.1) is 0 Å². The number of likely N-dealkylation sites (tertiary alicyclic amines) is 1. The van der Waals surface area contributed by atoms with Gasteiger partial charge in [0.05, 0.1) is 13.1 Å². The average molecular weight is 387 g/mol. The van der Waals surface area contributed by atoms with Crippen LogP contribution in [-0.4, -0.2) is 78.9 Å². The molecule has 1 aromatic carbocycles. The number of nitrogens with zero attached hydrogens (tertiary/aromatic N) is 3. The highest BCUT2D eigenvalue weighted by Gasteiger charge is 2.25. The van der Waals surface area contributed by atoms with Crippen molar-refractivity contribution in [1.82, 2.24) is 14.7 Å². The molecule has 2 saturated heterocycles. The lowest BCUT2D eigenvalue weighted by atomic mass is 10.0. The molecule has 0 saturated carbocycles. The highest BCUT2D eigenvalue weighted by Crippen LogP contribution is 2.16. The molecule has 28 heavy (non-hydrogen) atoms. The van der Waals surface area contributed by atoms with Gasteiger partial charge in [0, 0.05) is 38.4 Å². The Morgan fingerprint density at radius 2 is 1.79 bits per heavy atom. The van der Waals surface area contributed by atoms with E-state index in [2.05, 4.69) is 29.0 Å². The van der Waals surface area contributed by atoms with E-state index in [-0.39, 0.29) is 11.8 Å². The number of hydrogen-bond donors (Lipinski definition) is 1. The van der Waals surface area contributed by atoms with Gasteiger partial charge in [-0.05, 0) is 43.4 Å². The van der Waals surface area contributed by atoms with E-state index in [4.69, 9.17) is 0 Å². The minimum absolute atomic E-state index is 0.0166. The van der Waals surface area contributed by atoms with Crippen molar-refractivity contribution in [3.05, 3.63) is 29.8 Å². The van der Waals surface area contributed by atoms with Crippen LogP contribution in [0.3, 0.4) is 0 Å².